The second-order valence-corrected chi connectivity index (χ2v) is 11.2. The van der Waals surface area contributed by atoms with Gasteiger partial charge in [0, 0.05) is 5.56 Å². The maximum Gasteiger partial charge on any atom is 0.215 e. The van der Waals surface area contributed by atoms with Crippen LogP contribution in [-0.4, -0.2) is 19.9 Å². The number of benzene rings is 6. The number of hydrogen-bond donors (Lipinski definition) is 2. The smallest absolute Gasteiger partial charge is 0.215 e. The van der Waals surface area contributed by atoms with Crippen molar-refractivity contribution in [3.63, 3.8) is 0 Å². The Morgan fingerprint density at radius 3 is 1.55 bits per heavy atom. The van der Waals surface area contributed by atoms with Crippen LogP contribution in [0.4, 0.5) is 17.6 Å². The fourth-order valence-corrected chi connectivity index (χ4v) is 7.08. The van der Waals surface area contributed by atoms with Crippen LogP contribution in [0, 0.1) is 0 Å². The van der Waals surface area contributed by atoms with E-state index in [2.05, 4.69) is 130 Å². The van der Waals surface area contributed by atoms with E-state index in [0.717, 1.165) is 33.3 Å². The van der Waals surface area contributed by atoms with Crippen molar-refractivity contribution in [1.82, 2.24) is 19.9 Å². The maximum atomic E-state index is 5.08. The Hall–Kier alpha value is -5.94. The lowest BCUT2D eigenvalue weighted by Gasteiger charge is -2.34. The molecule has 44 heavy (non-hydrogen) atoms. The summed E-state index contributed by atoms with van der Waals surface area (Å²) >= 11 is 0. The third-order valence-electron chi connectivity index (χ3n) is 8.88. The highest BCUT2D eigenvalue weighted by Gasteiger charge is 2.47. The number of anilines is 3. The molecule has 9 rings (SSSR count). The normalized spacial score (nSPS) is 13.2. The monoisotopic (exact) mass is 565 g/mol. The first-order valence-electron chi connectivity index (χ1n) is 14.9. The van der Waals surface area contributed by atoms with Gasteiger partial charge < -0.3 is 9.97 Å². The standard InChI is InChI=1S/C39H27N5/c1-3-14-26(15-4-1)39(27-16-5-2-6-17-27)29-19-8-7-18-28(29)36-30(39)20-13-25-35(36)44(37-40-31-21-9-10-22-32(31)41-37)38-42-33-23-11-12-24-34(33)43-38/h1-25H,(H,40,41)(H,42,43). The number of nitrogens with one attached hydrogen (secondary N) is 2. The van der Waals surface area contributed by atoms with Crippen LogP contribution < -0.4 is 4.90 Å². The Morgan fingerprint density at radius 1 is 0.455 bits per heavy atom. The third kappa shape index (κ3) is 3.47. The predicted octanol–water partition coefficient (Wildman–Crippen LogP) is 9.27. The van der Waals surface area contributed by atoms with E-state index in [0.29, 0.717) is 11.9 Å². The molecule has 1 aliphatic carbocycles. The third-order valence-corrected chi connectivity index (χ3v) is 8.88. The number of para-hydroxylation sites is 4. The Kier molecular flexibility index (Phi) is 5.34. The molecule has 5 nitrogen and oxygen atoms in total. The second kappa shape index (κ2) is 9.54. The highest BCUT2D eigenvalue weighted by molar-refractivity contribution is 5.97. The van der Waals surface area contributed by atoms with Crippen LogP contribution in [0.25, 0.3) is 33.2 Å². The highest BCUT2D eigenvalue weighted by Crippen LogP contribution is 2.59. The summed E-state index contributed by atoms with van der Waals surface area (Å²) in [5.74, 6) is 1.40. The molecule has 0 unspecified atom stereocenters. The average Bonchev–Trinajstić information content (AvgIpc) is 3.79. The summed E-state index contributed by atoms with van der Waals surface area (Å²) in [6, 6.07) is 53.5. The van der Waals surface area contributed by atoms with Gasteiger partial charge in [-0.15, -0.1) is 0 Å². The summed E-state index contributed by atoms with van der Waals surface area (Å²) in [6.07, 6.45) is 0. The minimum Gasteiger partial charge on any atom is -0.323 e. The van der Waals surface area contributed by atoms with Crippen LogP contribution in [0.1, 0.15) is 22.3 Å². The Labute approximate surface area is 254 Å². The quantitative estimate of drug-likeness (QED) is 0.219. The molecule has 2 N–H and O–H groups in total. The van der Waals surface area contributed by atoms with Gasteiger partial charge in [-0.25, -0.2) is 14.9 Å². The van der Waals surface area contributed by atoms with E-state index in [-0.39, 0.29) is 0 Å². The fourth-order valence-electron chi connectivity index (χ4n) is 7.08. The van der Waals surface area contributed by atoms with Crippen molar-refractivity contribution in [2.45, 2.75) is 5.41 Å². The predicted molar refractivity (Wildman–Crippen MR) is 178 cm³/mol. The molecule has 0 bridgehead atoms. The summed E-state index contributed by atoms with van der Waals surface area (Å²) in [5, 5.41) is 0. The van der Waals surface area contributed by atoms with Gasteiger partial charge in [-0.3, -0.25) is 0 Å². The van der Waals surface area contributed by atoms with E-state index < -0.39 is 5.41 Å². The zero-order valence-corrected chi connectivity index (χ0v) is 23.8. The number of aromatic nitrogens is 4. The molecule has 0 saturated carbocycles. The van der Waals surface area contributed by atoms with Crippen molar-refractivity contribution in [3.8, 4) is 11.1 Å². The number of nitrogens with zero attached hydrogens (tertiary/aromatic N) is 3. The largest absolute Gasteiger partial charge is 0.323 e. The SMILES string of the molecule is c1ccc(C2(c3ccccc3)c3ccccc3-c3c(N(c4nc5ccccc5[nH]4)c4nc5ccccc5[nH]4)cccc32)cc1. The van der Waals surface area contributed by atoms with E-state index in [1.165, 1.54) is 27.8 Å². The molecular formula is C39H27N5. The van der Waals surface area contributed by atoms with Crippen LogP contribution in [0.2, 0.25) is 0 Å². The van der Waals surface area contributed by atoms with Gasteiger partial charge in [0.05, 0.1) is 33.2 Å². The number of imidazole rings is 2. The van der Waals surface area contributed by atoms with E-state index in [1.807, 2.05) is 36.4 Å². The summed E-state index contributed by atoms with van der Waals surface area (Å²) in [5.41, 5.74) is 11.6. The number of rotatable bonds is 5. The van der Waals surface area contributed by atoms with Crippen LogP contribution in [-0.2, 0) is 5.41 Å². The van der Waals surface area contributed by atoms with Gasteiger partial charge in [0.2, 0.25) is 11.9 Å². The van der Waals surface area contributed by atoms with Crippen molar-refractivity contribution in [3.05, 3.63) is 174 Å². The molecule has 0 aliphatic heterocycles. The van der Waals surface area contributed by atoms with Gasteiger partial charge in [-0.2, -0.15) is 0 Å². The van der Waals surface area contributed by atoms with Gasteiger partial charge in [-0.1, -0.05) is 121 Å². The van der Waals surface area contributed by atoms with Crippen LogP contribution in [0.5, 0.6) is 0 Å². The van der Waals surface area contributed by atoms with Crippen LogP contribution in [0.15, 0.2) is 152 Å². The Bertz CT molecular complexity index is 2120. The molecule has 0 atom stereocenters. The van der Waals surface area contributed by atoms with Gasteiger partial charge in [-0.05, 0) is 58.1 Å². The van der Waals surface area contributed by atoms with Crippen molar-refractivity contribution >= 4 is 39.7 Å². The molecular weight excluding hydrogens is 538 g/mol. The van der Waals surface area contributed by atoms with Crippen LogP contribution >= 0.6 is 0 Å². The second-order valence-electron chi connectivity index (χ2n) is 11.2. The molecule has 6 aromatic carbocycles. The lowest BCUT2D eigenvalue weighted by molar-refractivity contribution is 0.768. The van der Waals surface area contributed by atoms with E-state index in [9.17, 15) is 0 Å². The zero-order valence-electron chi connectivity index (χ0n) is 23.8. The fraction of sp³-hybridized carbons (Fsp3) is 0.0256. The van der Waals surface area contributed by atoms with Crippen molar-refractivity contribution in [2.24, 2.45) is 0 Å². The summed E-state index contributed by atoms with van der Waals surface area (Å²) in [4.78, 5) is 19.5. The van der Waals surface area contributed by atoms with Gasteiger partial charge in [0.15, 0.2) is 0 Å². The van der Waals surface area contributed by atoms with E-state index in [1.54, 1.807) is 0 Å². The number of aromatic amines is 2. The molecule has 5 heteroatoms. The number of H-pyrrole nitrogens is 2. The van der Waals surface area contributed by atoms with Gasteiger partial charge >= 0.3 is 0 Å². The lowest BCUT2D eigenvalue weighted by Crippen LogP contribution is -2.28. The Balaban J connectivity index is 1.39. The molecule has 1 aliphatic rings. The first-order valence-corrected chi connectivity index (χ1v) is 14.9. The molecule has 0 radical (unpaired) electrons. The lowest BCUT2D eigenvalue weighted by atomic mass is 9.68. The van der Waals surface area contributed by atoms with Gasteiger partial charge in [0.1, 0.15) is 0 Å². The molecule has 2 aromatic heterocycles. The zero-order chi connectivity index (χ0) is 29.1. The average molecular weight is 566 g/mol. The van der Waals surface area contributed by atoms with Crippen molar-refractivity contribution in [2.75, 3.05) is 4.90 Å². The van der Waals surface area contributed by atoms with Crippen molar-refractivity contribution in [1.29, 1.82) is 0 Å². The molecule has 0 amide bonds. The summed E-state index contributed by atoms with van der Waals surface area (Å²) in [7, 11) is 0. The molecule has 2 heterocycles. The Morgan fingerprint density at radius 2 is 0.955 bits per heavy atom. The van der Waals surface area contributed by atoms with E-state index >= 15 is 0 Å². The number of fused-ring (bicyclic) bond motifs is 5. The molecule has 208 valence electrons. The van der Waals surface area contributed by atoms with Crippen molar-refractivity contribution < 1.29 is 0 Å². The summed E-state index contributed by atoms with van der Waals surface area (Å²) in [6.45, 7) is 0. The van der Waals surface area contributed by atoms with Crippen LogP contribution in [0.3, 0.4) is 0 Å². The maximum absolute atomic E-state index is 5.08. The molecule has 0 fully saturated rings. The first-order chi connectivity index (χ1) is 21.8. The molecule has 8 aromatic rings. The number of hydrogen-bond acceptors (Lipinski definition) is 3. The highest BCUT2D eigenvalue weighted by atomic mass is 15.3. The first kappa shape index (κ1) is 24.6. The molecule has 0 saturated heterocycles. The van der Waals surface area contributed by atoms with Gasteiger partial charge in [0.25, 0.3) is 0 Å². The summed E-state index contributed by atoms with van der Waals surface area (Å²) < 4.78 is 0. The molecule has 0 spiro atoms. The topological polar surface area (TPSA) is 60.6 Å². The minimum absolute atomic E-state index is 0.502. The minimum atomic E-state index is -0.502. The van der Waals surface area contributed by atoms with E-state index in [4.69, 9.17) is 9.97 Å².